The van der Waals surface area contributed by atoms with Gasteiger partial charge in [-0.05, 0) is 54.4 Å². The Morgan fingerprint density at radius 3 is 2.79 bits per heavy atom. The van der Waals surface area contributed by atoms with Gasteiger partial charge in [0.2, 0.25) is 18.6 Å². The molecule has 10 heteroatoms. The fraction of sp³-hybridized carbons (Fsp3) is 0.182. The number of anilines is 2. The summed E-state index contributed by atoms with van der Waals surface area (Å²) in [7, 11) is 2.01. The lowest BCUT2D eigenvalue weighted by atomic mass is 9.96. The molecule has 0 spiro atoms. The minimum absolute atomic E-state index is 0.00581. The zero-order valence-electron chi connectivity index (χ0n) is 23.3. The molecule has 0 saturated heterocycles. The number of benzene rings is 3. The zero-order chi connectivity index (χ0) is 29.1. The van der Waals surface area contributed by atoms with Crippen molar-refractivity contribution in [1.82, 2.24) is 14.5 Å². The second kappa shape index (κ2) is 9.80. The molecule has 0 fully saturated rings. The van der Waals surface area contributed by atoms with Crippen molar-refractivity contribution in [2.24, 2.45) is 0 Å². The molecule has 0 aliphatic carbocycles. The number of carbonyl (C=O) groups excluding carboxylic acids is 2. The molecule has 5 heterocycles. The molecule has 2 aromatic heterocycles. The number of ether oxygens (including phenoxy) is 3. The molecule has 2 amide bonds. The van der Waals surface area contributed by atoms with Crippen LogP contribution < -0.4 is 24.4 Å². The summed E-state index contributed by atoms with van der Waals surface area (Å²) in [5, 5.41) is 4.10. The van der Waals surface area contributed by atoms with Crippen LogP contribution in [0, 0.1) is 0 Å². The number of pyridine rings is 1. The fourth-order valence-electron chi connectivity index (χ4n) is 6.43. The van der Waals surface area contributed by atoms with Crippen molar-refractivity contribution in [2.75, 3.05) is 30.6 Å². The Hall–Kier alpha value is -5.51. The van der Waals surface area contributed by atoms with Gasteiger partial charge in [0.1, 0.15) is 24.1 Å². The van der Waals surface area contributed by atoms with Gasteiger partial charge < -0.3 is 33.9 Å². The van der Waals surface area contributed by atoms with Gasteiger partial charge in [-0.25, -0.2) is 4.98 Å². The van der Waals surface area contributed by atoms with Gasteiger partial charge in [0, 0.05) is 36.8 Å². The topological polar surface area (TPSA) is 98.2 Å². The zero-order valence-corrected chi connectivity index (χ0v) is 23.3. The van der Waals surface area contributed by atoms with Crippen molar-refractivity contribution in [3.63, 3.8) is 0 Å². The third-order valence-corrected chi connectivity index (χ3v) is 8.31. The van der Waals surface area contributed by atoms with Gasteiger partial charge in [-0.2, -0.15) is 0 Å². The first-order valence-corrected chi connectivity index (χ1v) is 14.1. The maximum atomic E-state index is 13.7. The van der Waals surface area contributed by atoms with E-state index < -0.39 is 0 Å². The average Bonchev–Trinajstić information content (AvgIpc) is 3.63. The van der Waals surface area contributed by atoms with E-state index in [1.54, 1.807) is 36.5 Å². The quantitative estimate of drug-likeness (QED) is 0.303. The molecular weight excluding hydrogens is 546 g/mol. The summed E-state index contributed by atoms with van der Waals surface area (Å²) in [6, 6.07) is 24.6. The number of amides is 2. The van der Waals surface area contributed by atoms with E-state index in [9.17, 15) is 9.59 Å². The highest BCUT2D eigenvalue weighted by Crippen LogP contribution is 2.44. The van der Waals surface area contributed by atoms with Crippen LogP contribution in [0.1, 0.15) is 27.8 Å². The van der Waals surface area contributed by atoms with Crippen LogP contribution in [0.3, 0.4) is 0 Å². The molecule has 0 bridgehead atoms. The van der Waals surface area contributed by atoms with Crippen molar-refractivity contribution < 1.29 is 23.8 Å². The minimum Gasteiger partial charge on any atom is -0.454 e. The normalized spacial score (nSPS) is 16.5. The predicted octanol–water partition coefficient (Wildman–Crippen LogP) is 5.34. The molecule has 5 aromatic rings. The lowest BCUT2D eigenvalue weighted by Gasteiger charge is -2.46. The summed E-state index contributed by atoms with van der Waals surface area (Å²) in [5.74, 6) is 1.77. The number of fused-ring (bicyclic) bond motifs is 7. The van der Waals surface area contributed by atoms with Gasteiger partial charge in [-0.15, -0.1) is 0 Å². The van der Waals surface area contributed by atoms with Crippen molar-refractivity contribution in [3.8, 4) is 23.1 Å². The highest BCUT2D eigenvalue weighted by molar-refractivity contribution is 6.03. The van der Waals surface area contributed by atoms with Gasteiger partial charge in [0.15, 0.2) is 11.5 Å². The second-order valence-corrected chi connectivity index (χ2v) is 10.7. The third kappa shape index (κ3) is 4.05. The van der Waals surface area contributed by atoms with E-state index in [1.807, 2.05) is 59.0 Å². The molecule has 1 N–H and O–H groups in total. The summed E-state index contributed by atoms with van der Waals surface area (Å²) < 4.78 is 18.9. The predicted molar refractivity (Wildman–Crippen MR) is 160 cm³/mol. The number of nitrogens with one attached hydrogen (secondary N) is 1. The molecule has 10 nitrogen and oxygen atoms in total. The molecule has 214 valence electrons. The molecular formula is C33H27N5O5. The Balaban J connectivity index is 1.13. The van der Waals surface area contributed by atoms with Crippen molar-refractivity contribution in [2.45, 2.75) is 19.1 Å². The van der Waals surface area contributed by atoms with Gasteiger partial charge >= 0.3 is 0 Å². The van der Waals surface area contributed by atoms with E-state index >= 15 is 0 Å². The van der Waals surface area contributed by atoms with E-state index in [4.69, 9.17) is 14.2 Å². The van der Waals surface area contributed by atoms with Gasteiger partial charge in [0.05, 0.1) is 16.9 Å². The van der Waals surface area contributed by atoms with Gasteiger partial charge in [-0.1, -0.05) is 30.3 Å². The van der Waals surface area contributed by atoms with Crippen LogP contribution in [0.4, 0.5) is 11.4 Å². The van der Waals surface area contributed by atoms with Crippen LogP contribution in [0.15, 0.2) is 85.1 Å². The van der Waals surface area contributed by atoms with Crippen LogP contribution in [0.25, 0.3) is 10.9 Å². The second-order valence-electron chi connectivity index (χ2n) is 10.7. The molecule has 3 aliphatic heterocycles. The lowest BCUT2D eigenvalue weighted by Crippen LogP contribution is -2.51. The average molecular weight is 574 g/mol. The Morgan fingerprint density at radius 2 is 1.86 bits per heavy atom. The van der Waals surface area contributed by atoms with Crippen LogP contribution in [0.2, 0.25) is 0 Å². The number of hydrogen-bond acceptors (Lipinski definition) is 7. The largest absolute Gasteiger partial charge is 0.454 e. The van der Waals surface area contributed by atoms with Crippen LogP contribution >= 0.6 is 0 Å². The van der Waals surface area contributed by atoms with E-state index in [0.717, 1.165) is 27.8 Å². The Morgan fingerprint density at radius 1 is 1.02 bits per heavy atom. The molecule has 3 aliphatic rings. The highest BCUT2D eigenvalue weighted by Gasteiger charge is 2.42. The smallest absolute Gasteiger partial charge is 0.257 e. The van der Waals surface area contributed by atoms with E-state index in [2.05, 4.69) is 21.3 Å². The summed E-state index contributed by atoms with van der Waals surface area (Å²) in [5.41, 5.74) is 5.08. The molecule has 0 saturated carbocycles. The maximum Gasteiger partial charge on any atom is 0.257 e. The van der Waals surface area contributed by atoms with E-state index in [-0.39, 0.29) is 37.2 Å². The number of hydrogen-bond donors (Lipinski definition) is 1. The summed E-state index contributed by atoms with van der Waals surface area (Å²) in [6.45, 7) is 0.810. The van der Waals surface area contributed by atoms with Crippen LogP contribution in [-0.2, 0) is 17.8 Å². The molecule has 43 heavy (non-hydrogen) atoms. The molecule has 1 unspecified atom stereocenters. The number of nitrogens with zero attached hydrogens (tertiary/aromatic N) is 4. The Kier molecular flexibility index (Phi) is 5.75. The van der Waals surface area contributed by atoms with Crippen molar-refractivity contribution >= 4 is 34.1 Å². The number of rotatable bonds is 5. The third-order valence-electron chi connectivity index (χ3n) is 8.31. The first-order valence-electron chi connectivity index (χ1n) is 14.1. The van der Waals surface area contributed by atoms with E-state index in [1.165, 1.54) is 0 Å². The fourth-order valence-corrected chi connectivity index (χ4v) is 6.43. The first kappa shape index (κ1) is 25.2. The summed E-state index contributed by atoms with van der Waals surface area (Å²) in [6.07, 6.45) is 1.98. The first-order chi connectivity index (χ1) is 21.1. The maximum absolute atomic E-state index is 13.7. The van der Waals surface area contributed by atoms with Gasteiger partial charge in [-0.3, -0.25) is 9.59 Å². The molecule has 1 atom stereocenters. The van der Waals surface area contributed by atoms with Crippen LogP contribution in [-0.4, -0.2) is 46.7 Å². The SMILES string of the molecule is CN1c2ccccc2C(=O)N2CCc3c(n(CC(=O)Nc4cccnc4Oc4ccc5c(c4)OCO5)c4ccccc34)C21. The lowest BCUT2D eigenvalue weighted by molar-refractivity contribution is -0.116. The van der Waals surface area contributed by atoms with Crippen molar-refractivity contribution in [3.05, 3.63) is 102 Å². The number of aromatic nitrogens is 2. The minimum atomic E-state index is -0.338. The highest BCUT2D eigenvalue weighted by atomic mass is 16.7. The number of para-hydroxylation sites is 2. The molecule has 0 radical (unpaired) electrons. The summed E-state index contributed by atoms with van der Waals surface area (Å²) >= 11 is 0. The Bertz CT molecular complexity index is 1930. The standard InChI is InChI=1S/C33H27N5O5/c1-36-25-10-4-3-8-23(25)33(40)37-16-14-22-21-7-2-5-11-26(21)38(30(22)32(36)37)18-29(39)35-24-9-6-15-34-31(24)43-20-12-13-27-28(17-20)42-19-41-27/h2-13,15,17,32H,14,16,18-19H2,1H3,(H,35,39). The summed E-state index contributed by atoms with van der Waals surface area (Å²) in [4.78, 5) is 35.8. The molecule has 8 rings (SSSR count). The monoisotopic (exact) mass is 573 g/mol. The Labute approximate surface area is 247 Å². The molecule has 3 aromatic carbocycles. The van der Waals surface area contributed by atoms with E-state index in [0.29, 0.717) is 41.5 Å². The number of carbonyl (C=O) groups is 2. The van der Waals surface area contributed by atoms with Gasteiger partial charge in [0.25, 0.3) is 5.91 Å². The van der Waals surface area contributed by atoms with Crippen LogP contribution in [0.5, 0.6) is 23.1 Å². The van der Waals surface area contributed by atoms with Crippen molar-refractivity contribution in [1.29, 1.82) is 0 Å².